The molecule has 196 valence electrons. The third-order valence-corrected chi connectivity index (χ3v) is 7.68. The first-order valence-corrected chi connectivity index (χ1v) is 13.4. The van der Waals surface area contributed by atoms with Gasteiger partial charge in [-0.15, -0.1) is 0 Å². The summed E-state index contributed by atoms with van der Waals surface area (Å²) in [5, 5.41) is 16.0. The van der Waals surface area contributed by atoms with Gasteiger partial charge in [-0.1, -0.05) is 35.9 Å². The lowest BCUT2D eigenvalue weighted by Gasteiger charge is -2.12. The van der Waals surface area contributed by atoms with Crippen LogP contribution in [0.25, 0.3) is 5.69 Å². The van der Waals surface area contributed by atoms with Gasteiger partial charge in [0.2, 0.25) is 0 Å². The van der Waals surface area contributed by atoms with E-state index in [1.165, 1.54) is 12.1 Å². The van der Waals surface area contributed by atoms with Crippen LogP contribution in [0.3, 0.4) is 0 Å². The van der Waals surface area contributed by atoms with Crippen molar-refractivity contribution in [3.8, 4) is 5.69 Å². The molecule has 3 aromatic carbocycles. The van der Waals surface area contributed by atoms with Gasteiger partial charge >= 0.3 is 0 Å². The van der Waals surface area contributed by atoms with E-state index < -0.39 is 20.6 Å². The molecular formula is C28H29N5O4S. The number of hydrogen-bond donors (Lipinski definition) is 2. The van der Waals surface area contributed by atoms with Crippen molar-refractivity contribution in [3.63, 3.8) is 0 Å². The van der Waals surface area contributed by atoms with E-state index in [4.69, 9.17) is 0 Å². The van der Waals surface area contributed by atoms with E-state index in [0.717, 1.165) is 45.4 Å². The average Bonchev–Trinajstić information content (AvgIpc) is 3.14. The number of anilines is 2. The maximum atomic E-state index is 13.0. The molecule has 0 saturated carbocycles. The van der Waals surface area contributed by atoms with Gasteiger partial charge in [-0.25, -0.2) is 8.42 Å². The van der Waals surface area contributed by atoms with Crippen molar-refractivity contribution in [1.29, 1.82) is 0 Å². The van der Waals surface area contributed by atoms with Crippen LogP contribution in [0.15, 0.2) is 76.7 Å². The second kappa shape index (κ2) is 10.5. The third kappa shape index (κ3) is 5.45. The number of benzene rings is 3. The maximum absolute atomic E-state index is 13.0. The first-order valence-electron chi connectivity index (χ1n) is 11.9. The number of hydrogen-bond acceptors (Lipinski definition) is 6. The number of nitro benzene ring substituents is 1. The number of aryl methyl sites for hydroxylation is 4. The minimum atomic E-state index is -4.05. The van der Waals surface area contributed by atoms with Crippen molar-refractivity contribution in [2.75, 3.05) is 10.1 Å². The molecule has 1 heterocycles. The molecule has 0 unspecified atom stereocenters. The largest absolute Gasteiger partial charge is 0.318 e. The Morgan fingerprint density at radius 2 is 1.61 bits per heavy atom. The fourth-order valence-corrected chi connectivity index (χ4v) is 5.48. The van der Waals surface area contributed by atoms with Crippen LogP contribution in [0.5, 0.6) is 0 Å². The van der Waals surface area contributed by atoms with Crippen LogP contribution in [0.1, 0.15) is 33.6 Å². The van der Waals surface area contributed by atoms with Crippen molar-refractivity contribution >= 4 is 33.3 Å². The highest BCUT2D eigenvalue weighted by atomic mass is 32.2. The molecule has 9 nitrogen and oxygen atoms in total. The standard InChI is InChI=1S/C28H29N5O4S/c1-18-10-12-25(20(3)14-18)31-38(36,37)24-11-13-26(28(16-24)33(34)35)30-29-17-23-15-21(4)32(22(23)5)27-9-7-6-8-19(27)2/h6-17,30-31H,1-5H3/b29-17-. The fraction of sp³-hybridized carbons (Fsp3) is 0.179. The Morgan fingerprint density at radius 1 is 0.895 bits per heavy atom. The second-order valence-electron chi connectivity index (χ2n) is 9.18. The number of nitrogens with zero attached hydrogens (tertiary/aromatic N) is 3. The van der Waals surface area contributed by atoms with E-state index in [9.17, 15) is 18.5 Å². The number of aromatic nitrogens is 1. The molecule has 0 radical (unpaired) electrons. The van der Waals surface area contributed by atoms with Gasteiger partial charge in [-0.2, -0.15) is 5.10 Å². The molecule has 0 fully saturated rings. The average molecular weight is 532 g/mol. The summed E-state index contributed by atoms with van der Waals surface area (Å²) in [6.45, 7) is 9.72. The lowest BCUT2D eigenvalue weighted by molar-refractivity contribution is -0.384. The van der Waals surface area contributed by atoms with Crippen molar-refractivity contribution in [1.82, 2.24) is 4.57 Å². The molecule has 38 heavy (non-hydrogen) atoms. The number of hydrazone groups is 1. The predicted molar refractivity (Wildman–Crippen MR) is 151 cm³/mol. The van der Waals surface area contributed by atoms with Crippen LogP contribution in [0.4, 0.5) is 17.1 Å². The van der Waals surface area contributed by atoms with Gasteiger partial charge < -0.3 is 4.57 Å². The van der Waals surface area contributed by atoms with Gasteiger partial charge in [-0.3, -0.25) is 20.3 Å². The Bertz CT molecular complexity index is 1670. The molecule has 0 aliphatic heterocycles. The summed E-state index contributed by atoms with van der Waals surface area (Å²) in [5.41, 5.74) is 9.55. The van der Waals surface area contributed by atoms with E-state index in [2.05, 4.69) is 19.8 Å². The molecule has 4 rings (SSSR count). The zero-order valence-electron chi connectivity index (χ0n) is 21.8. The molecule has 1 aromatic heterocycles. The van der Waals surface area contributed by atoms with Gasteiger partial charge in [0.25, 0.3) is 15.7 Å². The summed E-state index contributed by atoms with van der Waals surface area (Å²) in [4.78, 5) is 10.9. The maximum Gasteiger partial charge on any atom is 0.295 e. The monoisotopic (exact) mass is 531 g/mol. The Kier molecular flexibility index (Phi) is 7.36. The van der Waals surface area contributed by atoms with Crippen LogP contribution in [0.2, 0.25) is 0 Å². The molecule has 2 N–H and O–H groups in total. The summed E-state index contributed by atoms with van der Waals surface area (Å²) in [7, 11) is -4.05. The summed E-state index contributed by atoms with van der Waals surface area (Å²) in [5.74, 6) is 0. The van der Waals surface area contributed by atoms with E-state index >= 15 is 0 Å². The summed E-state index contributed by atoms with van der Waals surface area (Å²) in [6, 6.07) is 19.0. The summed E-state index contributed by atoms with van der Waals surface area (Å²) >= 11 is 0. The molecule has 4 aromatic rings. The molecule has 0 amide bonds. The van der Waals surface area contributed by atoms with Crippen LogP contribution in [0, 0.1) is 44.7 Å². The number of para-hydroxylation sites is 1. The quantitative estimate of drug-likeness (QED) is 0.160. The molecule has 0 aliphatic carbocycles. The summed E-state index contributed by atoms with van der Waals surface area (Å²) in [6.07, 6.45) is 1.59. The lowest BCUT2D eigenvalue weighted by atomic mass is 10.1. The van der Waals surface area contributed by atoms with E-state index in [1.54, 1.807) is 25.3 Å². The van der Waals surface area contributed by atoms with Crippen LogP contribution >= 0.6 is 0 Å². The predicted octanol–water partition coefficient (Wildman–Crippen LogP) is 6.17. The molecule has 0 spiro atoms. The minimum absolute atomic E-state index is 0.0735. The Hall–Kier alpha value is -4.44. The lowest BCUT2D eigenvalue weighted by Crippen LogP contribution is -2.14. The number of rotatable bonds is 8. The van der Waals surface area contributed by atoms with Gasteiger partial charge in [0.1, 0.15) is 5.69 Å². The van der Waals surface area contributed by atoms with E-state index in [1.807, 2.05) is 64.1 Å². The first kappa shape index (κ1) is 26.6. The van der Waals surface area contributed by atoms with E-state index in [0.29, 0.717) is 5.69 Å². The van der Waals surface area contributed by atoms with Crippen LogP contribution in [-0.2, 0) is 10.0 Å². The second-order valence-corrected chi connectivity index (χ2v) is 10.9. The zero-order chi connectivity index (χ0) is 27.6. The molecule has 0 atom stereocenters. The number of sulfonamides is 1. The van der Waals surface area contributed by atoms with Gasteiger partial charge in [-0.05, 0) is 76.1 Å². The molecule has 0 aliphatic rings. The molecule has 0 saturated heterocycles. The topological polar surface area (TPSA) is 119 Å². The molecule has 0 bridgehead atoms. The van der Waals surface area contributed by atoms with E-state index in [-0.39, 0.29) is 10.6 Å². The molecule has 10 heteroatoms. The van der Waals surface area contributed by atoms with Crippen molar-refractivity contribution in [2.24, 2.45) is 5.10 Å². The first-order chi connectivity index (χ1) is 18.0. The Morgan fingerprint density at radius 3 is 2.29 bits per heavy atom. The van der Waals surface area contributed by atoms with Crippen LogP contribution in [-0.4, -0.2) is 24.1 Å². The Balaban J connectivity index is 1.59. The highest BCUT2D eigenvalue weighted by Crippen LogP contribution is 2.29. The van der Waals surface area contributed by atoms with Gasteiger partial charge in [0, 0.05) is 28.7 Å². The molecular weight excluding hydrogens is 502 g/mol. The zero-order valence-corrected chi connectivity index (χ0v) is 22.6. The smallest absolute Gasteiger partial charge is 0.295 e. The normalized spacial score (nSPS) is 11.6. The van der Waals surface area contributed by atoms with Gasteiger partial charge in [0.05, 0.1) is 21.7 Å². The summed E-state index contributed by atoms with van der Waals surface area (Å²) < 4.78 is 30.5. The minimum Gasteiger partial charge on any atom is -0.318 e. The number of nitrogens with one attached hydrogen (secondary N) is 2. The highest BCUT2D eigenvalue weighted by molar-refractivity contribution is 7.92. The van der Waals surface area contributed by atoms with Crippen molar-refractivity contribution < 1.29 is 13.3 Å². The van der Waals surface area contributed by atoms with Crippen LogP contribution < -0.4 is 10.1 Å². The SMILES string of the molecule is Cc1ccc(NS(=O)(=O)c2ccc(N/N=C\c3cc(C)n(-c4ccccc4C)c3C)c([N+](=O)[O-])c2)c(C)c1. The fourth-order valence-electron chi connectivity index (χ4n) is 4.33. The number of nitro groups is 1. The third-order valence-electron chi connectivity index (χ3n) is 6.32. The van der Waals surface area contributed by atoms with Crippen molar-refractivity contribution in [2.45, 2.75) is 39.5 Å². The van der Waals surface area contributed by atoms with Crippen molar-refractivity contribution in [3.05, 3.63) is 110 Å². The van der Waals surface area contributed by atoms with Gasteiger partial charge in [0.15, 0.2) is 0 Å². The Labute approximate surface area is 222 Å². The highest BCUT2D eigenvalue weighted by Gasteiger charge is 2.22.